The third-order valence-electron chi connectivity index (χ3n) is 8.23. The van der Waals surface area contributed by atoms with Crippen LogP contribution >= 0.6 is 23.2 Å². The molecule has 2 aliphatic heterocycles. The maximum absolute atomic E-state index is 15.8. The van der Waals surface area contributed by atoms with Crippen LogP contribution in [0.25, 0.3) is 0 Å². The lowest BCUT2D eigenvalue weighted by atomic mass is 9.62. The first-order valence-corrected chi connectivity index (χ1v) is 14.0. The van der Waals surface area contributed by atoms with Gasteiger partial charge in [-0.1, -0.05) is 62.2 Å². The Labute approximate surface area is 234 Å². The summed E-state index contributed by atoms with van der Waals surface area (Å²) in [5.74, 6) is -1.68. The van der Waals surface area contributed by atoms with Gasteiger partial charge in [0.15, 0.2) is 0 Å². The number of aliphatic hydroxyl groups is 1. The van der Waals surface area contributed by atoms with Gasteiger partial charge in [-0.25, -0.2) is 8.78 Å². The van der Waals surface area contributed by atoms with Gasteiger partial charge in [-0.15, -0.1) is 0 Å². The second kappa shape index (κ2) is 11.8. The molecule has 0 aromatic heterocycles. The van der Waals surface area contributed by atoms with Crippen LogP contribution < -0.4 is 0 Å². The van der Waals surface area contributed by atoms with E-state index >= 15 is 8.78 Å². The van der Waals surface area contributed by atoms with Gasteiger partial charge in [0, 0.05) is 41.8 Å². The fraction of sp³-hybridized carbons (Fsp3) is 0.567. The van der Waals surface area contributed by atoms with Gasteiger partial charge in [0.2, 0.25) is 0 Å². The zero-order valence-electron chi connectivity index (χ0n) is 22.2. The van der Waals surface area contributed by atoms with Crippen molar-refractivity contribution in [2.24, 2.45) is 11.3 Å². The summed E-state index contributed by atoms with van der Waals surface area (Å²) in [6.07, 6.45) is 3.27. The highest BCUT2D eigenvalue weighted by Gasteiger charge is 2.62. The summed E-state index contributed by atoms with van der Waals surface area (Å²) in [6, 6.07) is 10.4. The van der Waals surface area contributed by atoms with Gasteiger partial charge in [0.1, 0.15) is 17.0 Å². The van der Waals surface area contributed by atoms with Crippen LogP contribution in [0.4, 0.5) is 8.78 Å². The summed E-state index contributed by atoms with van der Waals surface area (Å²) in [7, 11) is 0. The standard InChI is InChI=1S/C30H36Cl2F2N2O2/c1-29(2,3)16-26-30(18-35,22-8-7-20(31)15-24(22)33)27(21-5-4-6-23(32)28(21)34)25(17-37)36(26)12-9-19-10-13-38-14-11-19/h4-8,15,19,25-27,37H,9-14,16-17H2,1-3H3. The lowest BCUT2D eigenvalue weighted by molar-refractivity contribution is 0.0495. The highest BCUT2D eigenvalue weighted by atomic mass is 35.5. The minimum absolute atomic E-state index is 0.0735. The smallest absolute Gasteiger partial charge is 0.145 e. The van der Waals surface area contributed by atoms with Crippen molar-refractivity contribution < 1.29 is 18.6 Å². The summed E-state index contributed by atoms with van der Waals surface area (Å²) in [4.78, 5) is 2.14. The first-order valence-electron chi connectivity index (χ1n) is 13.3. The van der Waals surface area contributed by atoms with Gasteiger partial charge in [-0.2, -0.15) is 5.26 Å². The van der Waals surface area contributed by atoms with E-state index in [-0.39, 0.29) is 33.2 Å². The van der Waals surface area contributed by atoms with Crippen molar-refractivity contribution >= 4 is 23.2 Å². The number of nitriles is 1. The topological polar surface area (TPSA) is 56.5 Å². The molecule has 4 unspecified atom stereocenters. The van der Waals surface area contributed by atoms with Crippen LogP contribution in [0.2, 0.25) is 10.0 Å². The minimum Gasteiger partial charge on any atom is -0.395 e. The molecule has 4 nitrogen and oxygen atoms in total. The van der Waals surface area contributed by atoms with Crippen LogP contribution in [-0.2, 0) is 10.2 Å². The SMILES string of the molecule is CC(C)(C)CC1N(CCC2CCOCC2)C(CO)C(c2cccc(Cl)c2F)C1(C#N)c1ccc(Cl)cc1F. The van der Waals surface area contributed by atoms with Crippen LogP contribution in [-0.4, -0.2) is 48.5 Å². The van der Waals surface area contributed by atoms with Crippen LogP contribution in [0.3, 0.4) is 0 Å². The average Bonchev–Trinajstić information content (AvgIpc) is 3.12. The van der Waals surface area contributed by atoms with E-state index in [1.807, 2.05) is 0 Å². The van der Waals surface area contributed by atoms with E-state index in [1.165, 1.54) is 12.1 Å². The average molecular weight is 566 g/mol. The van der Waals surface area contributed by atoms with Gasteiger partial charge in [-0.05, 0) is 67.3 Å². The van der Waals surface area contributed by atoms with E-state index in [2.05, 4.69) is 31.7 Å². The van der Waals surface area contributed by atoms with Crippen molar-refractivity contribution in [3.8, 4) is 6.07 Å². The van der Waals surface area contributed by atoms with Crippen LogP contribution in [0.15, 0.2) is 36.4 Å². The fourth-order valence-electron chi connectivity index (χ4n) is 6.54. The Balaban J connectivity index is 1.95. The van der Waals surface area contributed by atoms with Crippen LogP contribution in [0.1, 0.15) is 63.5 Å². The summed E-state index contributed by atoms with van der Waals surface area (Å²) < 4.78 is 37.0. The minimum atomic E-state index is -1.50. The van der Waals surface area contributed by atoms with E-state index in [0.717, 1.165) is 19.3 Å². The zero-order valence-corrected chi connectivity index (χ0v) is 23.7. The van der Waals surface area contributed by atoms with E-state index in [1.54, 1.807) is 24.3 Å². The molecule has 4 rings (SSSR count). The van der Waals surface area contributed by atoms with Crippen LogP contribution in [0.5, 0.6) is 0 Å². The lowest BCUT2D eigenvalue weighted by Gasteiger charge is -2.40. The molecule has 8 heteroatoms. The first kappa shape index (κ1) is 29.2. The molecule has 4 atom stereocenters. The van der Waals surface area contributed by atoms with Crippen molar-refractivity contribution in [3.05, 3.63) is 69.2 Å². The van der Waals surface area contributed by atoms with E-state index in [9.17, 15) is 10.4 Å². The predicted octanol–water partition coefficient (Wildman–Crippen LogP) is 7.11. The number of likely N-dealkylation sites (tertiary alicyclic amines) is 1. The van der Waals surface area contributed by atoms with Crippen LogP contribution in [0, 0.1) is 34.3 Å². The maximum Gasteiger partial charge on any atom is 0.145 e. The normalized spacial score (nSPS) is 27.0. The second-order valence-corrected chi connectivity index (χ2v) is 12.7. The monoisotopic (exact) mass is 564 g/mol. The van der Waals surface area contributed by atoms with Crippen molar-refractivity contribution in [2.45, 2.75) is 69.9 Å². The van der Waals surface area contributed by atoms with Gasteiger partial charge in [0.05, 0.1) is 17.7 Å². The summed E-state index contributed by atoms with van der Waals surface area (Å²) in [6.45, 7) is 7.93. The molecule has 0 saturated carbocycles. The Morgan fingerprint density at radius 3 is 2.47 bits per heavy atom. The number of benzene rings is 2. The molecule has 0 radical (unpaired) electrons. The van der Waals surface area contributed by atoms with Crippen molar-refractivity contribution in [1.29, 1.82) is 5.26 Å². The van der Waals surface area contributed by atoms with Gasteiger partial charge in [-0.3, -0.25) is 4.90 Å². The second-order valence-electron chi connectivity index (χ2n) is 11.8. The zero-order chi connectivity index (χ0) is 27.7. The number of ether oxygens (including phenoxy) is 1. The third kappa shape index (κ3) is 5.60. The Kier molecular flexibility index (Phi) is 9.06. The lowest BCUT2D eigenvalue weighted by Crippen LogP contribution is -2.47. The molecule has 2 fully saturated rings. The Bertz CT molecular complexity index is 1180. The molecule has 2 heterocycles. The molecule has 2 aliphatic rings. The Hall–Kier alpha value is -1.75. The number of hydrogen-bond donors (Lipinski definition) is 1. The molecule has 2 aromatic rings. The Morgan fingerprint density at radius 1 is 1.16 bits per heavy atom. The molecular weight excluding hydrogens is 529 g/mol. The van der Waals surface area contributed by atoms with Crippen molar-refractivity contribution in [1.82, 2.24) is 4.90 Å². The summed E-state index contributed by atoms with van der Waals surface area (Å²) >= 11 is 12.3. The number of halogens is 4. The molecule has 2 aromatic carbocycles. The van der Waals surface area contributed by atoms with Gasteiger partial charge >= 0.3 is 0 Å². The highest BCUT2D eigenvalue weighted by molar-refractivity contribution is 6.31. The van der Waals surface area contributed by atoms with E-state index in [4.69, 9.17) is 27.9 Å². The molecule has 0 aliphatic carbocycles. The number of hydrogen-bond acceptors (Lipinski definition) is 4. The molecule has 2 saturated heterocycles. The maximum atomic E-state index is 15.8. The van der Waals surface area contributed by atoms with E-state index < -0.39 is 35.1 Å². The van der Waals surface area contributed by atoms with Gasteiger partial charge in [0.25, 0.3) is 0 Å². The molecule has 206 valence electrons. The Morgan fingerprint density at radius 2 is 1.87 bits per heavy atom. The van der Waals surface area contributed by atoms with Gasteiger partial charge < -0.3 is 9.84 Å². The first-order chi connectivity index (χ1) is 18.0. The highest BCUT2D eigenvalue weighted by Crippen LogP contribution is 2.56. The van der Waals surface area contributed by atoms with Crippen molar-refractivity contribution in [3.63, 3.8) is 0 Å². The molecule has 0 spiro atoms. The molecular formula is C30H36Cl2F2N2O2. The number of nitrogens with zero attached hydrogens (tertiary/aromatic N) is 2. The number of aliphatic hydroxyl groups excluding tert-OH is 1. The number of rotatable bonds is 7. The third-order valence-corrected chi connectivity index (χ3v) is 8.76. The largest absolute Gasteiger partial charge is 0.395 e. The molecule has 1 N–H and O–H groups in total. The fourth-order valence-corrected chi connectivity index (χ4v) is 6.88. The molecule has 38 heavy (non-hydrogen) atoms. The predicted molar refractivity (Wildman–Crippen MR) is 146 cm³/mol. The summed E-state index contributed by atoms with van der Waals surface area (Å²) in [5, 5.41) is 22.0. The van der Waals surface area contributed by atoms with E-state index in [0.29, 0.717) is 32.1 Å². The quantitative estimate of drug-likeness (QED) is 0.389. The molecule has 0 amide bonds. The summed E-state index contributed by atoms with van der Waals surface area (Å²) in [5.41, 5.74) is -1.37. The molecule has 0 bridgehead atoms. The van der Waals surface area contributed by atoms with Crippen molar-refractivity contribution in [2.75, 3.05) is 26.4 Å².